The second-order valence-electron chi connectivity index (χ2n) is 6.19. The van der Waals surface area contributed by atoms with Crippen LogP contribution in [0.4, 0.5) is 0 Å². The van der Waals surface area contributed by atoms with E-state index in [4.69, 9.17) is 19.2 Å². The molecule has 29 heavy (non-hydrogen) atoms. The minimum absolute atomic E-state index is 0. The van der Waals surface area contributed by atoms with Crippen LogP contribution in [0.25, 0.3) is 0 Å². The normalized spacial score (nSPS) is 10.8. The van der Waals surface area contributed by atoms with Crippen LogP contribution in [0.15, 0.2) is 53.5 Å². The highest BCUT2D eigenvalue weighted by Crippen LogP contribution is 2.12. The molecule has 7 heteroatoms. The van der Waals surface area contributed by atoms with Gasteiger partial charge >= 0.3 is 0 Å². The number of aliphatic imine (C=N–C) groups is 1. The fourth-order valence-corrected chi connectivity index (χ4v) is 2.53. The van der Waals surface area contributed by atoms with Gasteiger partial charge in [-0.05, 0) is 48.7 Å². The maximum absolute atomic E-state index is 5.39. The van der Waals surface area contributed by atoms with Gasteiger partial charge in [0.05, 0.1) is 20.8 Å². The van der Waals surface area contributed by atoms with Gasteiger partial charge in [0.1, 0.15) is 11.5 Å². The second kappa shape index (κ2) is 14.9. The summed E-state index contributed by atoms with van der Waals surface area (Å²) in [5.41, 5.74) is 2.29. The Bertz CT molecular complexity index is 706. The minimum Gasteiger partial charge on any atom is -0.497 e. The van der Waals surface area contributed by atoms with Crippen LogP contribution in [0.5, 0.6) is 11.5 Å². The largest absolute Gasteiger partial charge is 0.497 e. The summed E-state index contributed by atoms with van der Waals surface area (Å²) in [6, 6.07) is 16.0. The number of nitrogens with one attached hydrogen (secondary N) is 2. The van der Waals surface area contributed by atoms with Gasteiger partial charge < -0.3 is 24.8 Å². The maximum atomic E-state index is 5.39. The zero-order valence-electron chi connectivity index (χ0n) is 17.4. The molecule has 0 heterocycles. The molecule has 0 aliphatic heterocycles. The lowest BCUT2D eigenvalue weighted by Gasteiger charge is -2.13. The molecule has 0 aliphatic rings. The molecule has 0 fully saturated rings. The van der Waals surface area contributed by atoms with Crippen molar-refractivity contribution >= 4 is 29.9 Å². The molecule has 2 rings (SSSR count). The monoisotopic (exact) mass is 513 g/mol. The van der Waals surface area contributed by atoms with Crippen molar-refractivity contribution in [1.82, 2.24) is 10.6 Å². The Balaban J connectivity index is 0.00000420. The number of nitrogens with zero attached hydrogens (tertiary/aromatic N) is 1. The highest BCUT2D eigenvalue weighted by atomic mass is 127. The quantitative estimate of drug-likeness (QED) is 0.206. The number of halogens is 1. The van der Waals surface area contributed by atoms with Crippen LogP contribution in [0, 0.1) is 0 Å². The van der Waals surface area contributed by atoms with Crippen molar-refractivity contribution in [1.29, 1.82) is 0 Å². The van der Waals surface area contributed by atoms with Gasteiger partial charge in [0.25, 0.3) is 0 Å². The van der Waals surface area contributed by atoms with Crippen molar-refractivity contribution in [2.45, 2.75) is 26.4 Å². The number of ether oxygens (including phenoxy) is 3. The van der Waals surface area contributed by atoms with Gasteiger partial charge in [-0.3, -0.25) is 0 Å². The zero-order chi connectivity index (χ0) is 20.0. The molecule has 0 unspecified atom stereocenters. The van der Waals surface area contributed by atoms with E-state index in [9.17, 15) is 0 Å². The van der Waals surface area contributed by atoms with Crippen LogP contribution in [0.3, 0.4) is 0 Å². The Hall–Kier alpha value is -2.00. The van der Waals surface area contributed by atoms with Gasteiger partial charge in [0.2, 0.25) is 0 Å². The summed E-state index contributed by atoms with van der Waals surface area (Å²) in [5, 5.41) is 6.76. The predicted octanol–water partition coefficient (Wildman–Crippen LogP) is 3.98. The summed E-state index contributed by atoms with van der Waals surface area (Å²) in [5.74, 6) is 2.48. The molecule has 0 aliphatic carbocycles. The van der Waals surface area contributed by atoms with Crippen LogP contribution in [-0.4, -0.2) is 39.9 Å². The van der Waals surface area contributed by atoms with Gasteiger partial charge in [0, 0.05) is 26.3 Å². The van der Waals surface area contributed by atoms with E-state index in [0.717, 1.165) is 54.8 Å². The molecule has 0 spiro atoms. The highest BCUT2D eigenvalue weighted by molar-refractivity contribution is 14.0. The number of guanidine groups is 1. The molecule has 6 nitrogen and oxygen atoms in total. The highest BCUT2D eigenvalue weighted by Gasteiger charge is 2.01. The molecule has 160 valence electrons. The Morgan fingerprint density at radius 1 is 0.862 bits per heavy atom. The third kappa shape index (κ3) is 9.85. The first-order chi connectivity index (χ1) is 13.7. The fourth-order valence-electron chi connectivity index (χ4n) is 2.53. The Labute approximate surface area is 191 Å². The van der Waals surface area contributed by atoms with E-state index in [1.54, 1.807) is 14.2 Å². The first kappa shape index (κ1) is 25.0. The molecule has 2 N–H and O–H groups in total. The van der Waals surface area contributed by atoms with Crippen LogP contribution in [0.1, 0.15) is 24.5 Å². The Kier molecular flexibility index (Phi) is 12.9. The lowest BCUT2D eigenvalue weighted by Crippen LogP contribution is -2.37. The van der Waals surface area contributed by atoms with Gasteiger partial charge in [-0.1, -0.05) is 24.3 Å². The molecule has 2 aromatic rings. The van der Waals surface area contributed by atoms with E-state index in [0.29, 0.717) is 13.1 Å². The first-order valence-corrected chi connectivity index (χ1v) is 9.61. The van der Waals surface area contributed by atoms with Crippen LogP contribution in [0.2, 0.25) is 0 Å². The van der Waals surface area contributed by atoms with E-state index in [-0.39, 0.29) is 24.0 Å². The van der Waals surface area contributed by atoms with E-state index in [1.165, 1.54) is 0 Å². The van der Waals surface area contributed by atoms with Gasteiger partial charge in [-0.25, -0.2) is 4.99 Å². The number of benzene rings is 2. The summed E-state index contributed by atoms with van der Waals surface area (Å²) >= 11 is 0. The first-order valence-electron chi connectivity index (χ1n) is 9.61. The van der Waals surface area contributed by atoms with Crippen molar-refractivity contribution in [3.63, 3.8) is 0 Å². The van der Waals surface area contributed by atoms with Crippen LogP contribution < -0.4 is 20.1 Å². The molecule has 0 saturated heterocycles. The molecule has 0 bridgehead atoms. The lowest BCUT2D eigenvalue weighted by atomic mass is 10.2. The van der Waals surface area contributed by atoms with E-state index >= 15 is 0 Å². The number of rotatable bonds is 11. The second-order valence-corrected chi connectivity index (χ2v) is 6.19. The Morgan fingerprint density at radius 3 is 2.00 bits per heavy atom. The summed E-state index contributed by atoms with van der Waals surface area (Å²) in [6.07, 6.45) is 0.930. The molecule has 0 radical (unpaired) electrons. The van der Waals surface area contributed by atoms with Gasteiger partial charge in [-0.2, -0.15) is 0 Å². The molecule has 0 saturated carbocycles. The van der Waals surface area contributed by atoms with E-state index in [2.05, 4.69) is 10.6 Å². The molecular weight excluding hydrogens is 481 g/mol. The number of hydrogen-bond donors (Lipinski definition) is 2. The Morgan fingerprint density at radius 2 is 1.45 bits per heavy atom. The van der Waals surface area contributed by atoms with Crippen molar-refractivity contribution in [3.8, 4) is 11.5 Å². The minimum atomic E-state index is 0. The average molecular weight is 513 g/mol. The topological polar surface area (TPSA) is 64.1 Å². The maximum Gasteiger partial charge on any atom is 0.191 e. The molecule has 2 aromatic carbocycles. The molecule has 0 atom stereocenters. The van der Waals surface area contributed by atoms with Crippen LogP contribution in [-0.2, 0) is 17.8 Å². The summed E-state index contributed by atoms with van der Waals surface area (Å²) in [4.78, 5) is 4.70. The van der Waals surface area contributed by atoms with E-state index < -0.39 is 0 Å². The molecule has 0 amide bonds. The predicted molar refractivity (Wildman–Crippen MR) is 128 cm³/mol. The van der Waals surface area contributed by atoms with Crippen molar-refractivity contribution in [2.75, 3.05) is 34.0 Å². The van der Waals surface area contributed by atoms with Crippen molar-refractivity contribution in [3.05, 3.63) is 59.7 Å². The van der Waals surface area contributed by atoms with Crippen molar-refractivity contribution < 1.29 is 14.2 Å². The zero-order valence-corrected chi connectivity index (χ0v) is 19.8. The van der Waals surface area contributed by atoms with Gasteiger partial charge in [-0.15, -0.1) is 24.0 Å². The molecule has 0 aromatic heterocycles. The SMILES string of the molecule is CCOCCCNC(=NCc1ccc(OC)cc1)NCc1ccc(OC)cc1.I. The van der Waals surface area contributed by atoms with Gasteiger partial charge in [0.15, 0.2) is 5.96 Å². The smallest absolute Gasteiger partial charge is 0.191 e. The van der Waals surface area contributed by atoms with Crippen molar-refractivity contribution in [2.24, 2.45) is 4.99 Å². The number of methoxy groups -OCH3 is 2. The third-order valence-electron chi connectivity index (χ3n) is 4.16. The fraction of sp³-hybridized carbons (Fsp3) is 0.409. The average Bonchev–Trinajstić information content (AvgIpc) is 2.75. The lowest BCUT2D eigenvalue weighted by molar-refractivity contribution is 0.145. The molecular formula is C22H32IN3O3. The number of hydrogen-bond acceptors (Lipinski definition) is 4. The standard InChI is InChI=1S/C22H31N3O3.HI/c1-4-28-15-5-14-23-22(24-16-18-6-10-20(26-2)11-7-18)25-17-19-8-12-21(27-3)13-9-19;/h6-13H,4-5,14-17H2,1-3H3,(H2,23,24,25);1H. The third-order valence-corrected chi connectivity index (χ3v) is 4.16. The summed E-state index contributed by atoms with van der Waals surface area (Å²) in [6.45, 7) is 5.57. The summed E-state index contributed by atoms with van der Waals surface area (Å²) < 4.78 is 15.8. The van der Waals surface area contributed by atoms with E-state index in [1.807, 2.05) is 55.5 Å². The summed E-state index contributed by atoms with van der Waals surface area (Å²) in [7, 11) is 3.34. The van der Waals surface area contributed by atoms with Crippen LogP contribution >= 0.6 is 24.0 Å².